The van der Waals surface area contributed by atoms with E-state index in [1.54, 1.807) is 12.1 Å². The Hall–Kier alpha value is -1.55. The number of carbonyl (C=O) groups excluding carboxylic acids is 2. The van der Waals surface area contributed by atoms with Gasteiger partial charge in [0, 0.05) is 5.88 Å². The molecule has 16 heavy (non-hydrogen) atoms. The third-order valence-corrected chi connectivity index (χ3v) is 2.00. The van der Waals surface area contributed by atoms with Crippen LogP contribution in [0.15, 0.2) is 24.3 Å². The Labute approximate surface area is 98.1 Å². The van der Waals surface area contributed by atoms with Crippen LogP contribution in [0.2, 0.25) is 0 Å². The Bertz CT molecular complexity index is 389. The van der Waals surface area contributed by atoms with Gasteiger partial charge in [0.1, 0.15) is 11.3 Å². The fourth-order valence-electron chi connectivity index (χ4n) is 1.09. The van der Waals surface area contributed by atoms with Gasteiger partial charge in [0.15, 0.2) is 0 Å². The van der Waals surface area contributed by atoms with E-state index in [-0.39, 0.29) is 23.6 Å². The SMILES string of the molecule is COC(=O)c1ccccc1OC(=O)CCCl. The number of halogens is 1. The number of hydrogen-bond donors (Lipinski definition) is 0. The first-order valence-corrected chi connectivity index (χ1v) is 5.16. The molecule has 0 heterocycles. The van der Waals surface area contributed by atoms with Crippen LogP contribution >= 0.6 is 11.6 Å². The molecule has 0 aliphatic rings. The Morgan fingerprint density at radius 1 is 1.31 bits per heavy atom. The molecule has 0 saturated heterocycles. The Balaban J connectivity index is 2.87. The van der Waals surface area contributed by atoms with Crippen molar-refractivity contribution in [3.05, 3.63) is 29.8 Å². The van der Waals surface area contributed by atoms with Gasteiger partial charge in [-0.05, 0) is 12.1 Å². The maximum Gasteiger partial charge on any atom is 0.341 e. The third kappa shape index (κ3) is 3.24. The number of rotatable bonds is 4. The number of esters is 2. The number of methoxy groups -OCH3 is 1. The molecule has 0 aliphatic carbocycles. The van der Waals surface area contributed by atoms with Gasteiger partial charge in [0.2, 0.25) is 0 Å². The first kappa shape index (κ1) is 12.5. The van der Waals surface area contributed by atoms with Gasteiger partial charge in [-0.1, -0.05) is 12.1 Å². The zero-order chi connectivity index (χ0) is 12.0. The second kappa shape index (κ2) is 6.12. The first-order chi connectivity index (χ1) is 7.69. The summed E-state index contributed by atoms with van der Waals surface area (Å²) in [4.78, 5) is 22.6. The zero-order valence-corrected chi connectivity index (χ0v) is 9.49. The molecule has 5 heteroatoms. The number of ether oxygens (including phenoxy) is 2. The summed E-state index contributed by atoms with van der Waals surface area (Å²) in [6, 6.07) is 6.37. The van der Waals surface area contributed by atoms with Gasteiger partial charge in [-0.15, -0.1) is 11.6 Å². The van der Waals surface area contributed by atoms with Crippen LogP contribution in [0.3, 0.4) is 0 Å². The normalized spacial score (nSPS) is 9.62. The molecule has 1 aromatic rings. The minimum atomic E-state index is -0.547. The summed E-state index contributed by atoms with van der Waals surface area (Å²) in [5.74, 6) is -0.663. The molecule has 0 bridgehead atoms. The first-order valence-electron chi connectivity index (χ1n) is 4.63. The lowest BCUT2D eigenvalue weighted by Gasteiger charge is -2.07. The Kier molecular flexibility index (Phi) is 4.79. The highest BCUT2D eigenvalue weighted by molar-refractivity contribution is 6.18. The minimum Gasteiger partial charge on any atom is -0.465 e. The van der Waals surface area contributed by atoms with Gasteiger partial charge in [-0.2, -0.15) is 0 Å². The summed E-state index contributed by atoms with van der Waals surface area (Å²) in [6.45, 7) is 0. The molecule has 0 radical (unpaired) electrons. The second-order valence-electron chi connectivity index (χ2n) is 2.90. The standard InChI is InChI=1S/C11H11ClO4/c1-15-11(14)8-4-2-3-5-9(8)16-10(13)6-7-12/h2-5H,6-7H2,1H3. The van der Waals surface area contributed by atoms with Crippen LogP contribution in [0.4, 0.5) is 0 Å². The number of para-hydroxylation sites is 1. The maximum atomic E-state index is 11.3. The van der Waals surface area contributed by atoms with Gasteiger partial charge in [0.05, 0.1) is 13.5 Å². The fraction of sp³-hybridized carbons (Fsp3) is 0.273. The van der Waals surface area contributed by atoms with E-state index in [9.17, 15) is 9.59 Å². The highest BCUT2D eigenvalue weighted by Crippen LogP contribution is 2.19. The lowest BCUT2D eigenvalue weighted by molar-refractivity contribution is -0.133. The molecular formula is C11H11ClO4. The van der Waals surface area contributed by atoms with Crippen molar-refractivity contribution < 1.29 is 19.1 Å². The van der Waals surface area contributed by atoms with Crippen molar-refractivity contribution in [3.8, 4) is 5.75 Å². The van der Waals surface area contributed by atoms with E-state index in [0.717, 1.165) is 0 Å². The summed E-state index contributed by atoms with van der Waals surface area (Å²) >= 11 is 5.40. The summed E-state index contributed by atoms with van der Waals surface area (Å²) in [6.07, 6.45) is 0.0943. The number of alkyl halides is 1. The average Bonchev–Trinajstić information content (AvgIpc) is 2.29. The van der Waals surface area contributed by atoms with Gasteiger partial charge in [-0.25, -0.2) is 4.79 Å². The molecule has 0 N–H and O–H groups in total. The summed E-state index contributed by atoms with van der Waals surface area (Å²) < 4.78 is 9.55. The number of carbonyl (C=O) groups is 2. The van der Waals surface area contributed by atoms with Crippen LogP contribution in [0.5, 0.6) is 5.75 Å². The highest BCUT2D eigenvalue weighted by atomic mass is 35.5. The summed E-state index contributed by atoms with van der Waals surface area (Å²) in [7, 11) is 1.26. The molecule has 0 aromatic heterocycles. The zero-order valence-electron chi connectivity index (χ0n) is 8.73. The average molecular weight is 243 g/mol. The third-order valence-electron chi connectivity index (χ3n) is 1.81. The maximum absolute atomic E-state index is 11.3. The van der Waals surface area contributed by atoms with E-state index >= 15 is 0 Å². The van der Waals surface area contributed by atoms with E-state index in [4.69, 9.17) is 16.3 Å². The summed E-state index contributed by atoms with van der Waals surface area (Å²) in [5.41, 5.74) is 0.216. The van der Waals surface area contributed by atoms with Crippen molar-refractivity contribution in [3.63, 3.8) is 0 Å². The topological polar surface area (TPSA) is 52.6 Å². The predicted octanol–water partition coefficient (Wildman–Crippen LogP) is 2.01. The lowest BCUT2D eigenvalue weighted by Crippen LogP contribution is -2.12. The largest absolute Gasteiger partial charge is 0.465 e. The molecule has 86 valence electrons. The quantitative estimate of drug-likeness (QED) is 0.460. The Morgan fingerprint density at radius 2 is 2.00 bits per heavy atom. The van der Waals surface area contributed by atoms with Crippen LogP contribution in [-0.2, 0) is 9.53 Å². The van der Waals surface area contributed by atoms with E-state index in [0.29, 0.717) is 0 Å². The van der Waals surface area contributed by atoms with Crippen LogP contribution < -0.4 is 4.74 Å². The van der Waals surface area contributed by atoms with Gasteiger partial charge in [-0.3, -0.25) is 4.79 Å². The van der Waals surface area contributed by atoms with E-state index in [1.807, 2.05) is 0 Å². The molecule has 0 fully saturated rings. The summed E-state index contributed by atoms with van der Waals surface area (Å²) in [5, 5.41) is 0. The molecule has 4 nitrogen and oxygen atoms in total. The highest BCUT2D eigenvalue weighted by Gasteiger charge is 2.14. The fourth-order valence-corrected chi connectivity index (χ4v) is 1.24. The molecule has 0 amide bonds. The van der Waals surface area contributed by atoms with Crippen LogP contribution in [0.25, 0.3) is 0 Å². The Morgan fingerprint density at radius 3 is 2.62 bits per heavy atom. The monoisotopic (exact) mass is 242 g/mol. The van der Waals surface area contributed by atoms with Crippen molar-refractivity contribution in [1.82, 2.24) is 0 Å². The molecule has 0 aliphatic heterocycles. The van der Waals surface area contributed by atoms with Crippen molar-refractivity contribution in [2.24, 2.45) is 0 Å². The van der Waals surface area contributed by atoms with E-state index in [2.05, 4.69) is 4.74 Å². The van der Waals surface area contributed by atoms with Crippen molar-refractivity contribution in [1.29, 1.82) is 0 Å². The van der Waals surface area contributed by atoms with Crippen LogP contribution in [-0.4, -0.2) is 24.9 Å². The van der Waals surface area contributed by atoms with Gasteiger partial charge >= 0.3 is 11.9 Å². The molecule has 0 saturated carbocycles. The molecule has 0 spiro atoms. The molecule has 0 atom stereocenters. The second-order valence-corrected chi connectivity index (χ2v) is 3.28. The smallest absolute Gasteiger partial charge is 0.341 e. The molecule has 0 unspecified atom stereocenters. The molecule has 1 aromatic carbocycles. The van der Waals surface area contributed by atoms with E-state index < -0.39 is 11.9 Å². The van der Waals surface area contributed by atoms with Gasteiger partial charge < -0.3 is 9.47 Å². The molecular weight excluding hydrogens is 232 g/mol. The van der Waals surface area contributed by atoms with Crippen molar-refractivity contribution >= 4 is 23.5 Å². The van der Waals surface area contributed by atoms with E-state index in [1.165, 1.54) is 19.2 Å². The predicted molar refractivity (Wildman–Crippen MR) is 58.8 cm³/mol. The lowest BCUT2D eigenvalue weighted by atomic mass is 10.2. The van der Waals surface area contributed by atoms with Crippen LogP contribution in [0, 0.1) is 0 Å². The van der Waals surface area contributed by atoms with Gasteiger partial charge in [0.25, 0.3) is 0 Å². The van der Waals surface area contributed by atoms with Crippen molar-refractivity contribution in [2.45, 2.75) is 6.42 Å². The van der Waals surface area contributed by atoms with Crippen LogP contribution in [0.1, 0.15) is 16.8 Å². The molecule has 1 rings (SSSR count). The number of benzene rings is 1. The van der Waals surface area contributed by atoms with Crippen molar-refractivity contribution in [2.75, 3.05) is 13.0 Å². The number of hydrogen-bond acceptors (Lipinski definition) is 4. The minimum absolute atomic E-state index is 0.0943.